The standard InChI is InChI=1S/C10H10BrN3O4/c1-2-3-7(10(15)16)13-9-8(14(17)18)4-6(11)5-12-9/h2,4-5,7H,1,3H2,(H,12,13)(H,15,16). The molecule has 1 aromatic heterocycles. The predicted octanol–water partition coefficient (Wildman–Crippen LogP) is 2.19. The van der Waals surface area contributed by atoms with Crippen molar-refractivity contribution in [3.05, 3.63) is 39.5 Å². The molecule has 0 spiro atoms. The summed E-state index contributed by atoms with van der Waals surface area (Å²) in [6, 6.07) is 0.247. The lowest BCUT2D eigenvalue weighted by molar-refractivity contribution is -0.384. The highest BCUT2D eigenvalue weighted by molar-refractivity contribution is 9.10. The van der Waals surface area contributed by atoms with Crippen LogP contribution < -0.4 is 5.32 Å². The number of pyridine rings is 1. The summed E-state index contributed by atoms with van der Waals surface area (Å²) in [5.41, 5.74) is -0.292. The highest BCUT2D eigenvalue weighted by atomic mass is 79.9. The van der Waals surface area contributed by atoms with Gasteiger partial charge in [0.15, 0.2) is 0 Å². The number of rotatable bonds is 6. The Bertz CT molecular complexity index is 492. The molecule has 18 heavy (non-hydrogen) atoms. The lowest BCUT2D eigenvalue weighted by Gasteiger charge is -2.13. The number of hydrogen-bond acceptors (Lipinski definition) is 5. The first-order valence-electron chi connectivity index (χ1n) is 4.86. The molecule has 1 rings (SSSR count). The fourth-order valence-corrected chi connectivity index (χ4v) is 1.55. The molecule has 1 heterocycles. The summed E-state index contributed by atoms with van der Waals surface area (Å²) >= 11 is 3.06. The molecule has 2 N–H and O–H groups in total. The van der Waals surface area contributed by atoms with Gasteiger partial charge in [0.05, 0.1) is 4.92 Å². The van der Waals surface area contributed by atoms with E-state index in [1.54, 1.807) is 0 Å². The molecule has 0 saturated carbocycles. The monoisotopic (exact) mass is 315 g/mol. The van der Waals surface area contributed by atoms with E-state index in [1.807, 2.05) is 0 Å². The van der Waals surface area contributed by atoms with Crippen LogP contribution in [0.4, 0.5) is 11.5 Å². The Labute approximate surface area is 111 Å². The van der Waals surface area contributed by atoms with E-state index in [2.05, 4.69) is 32.8 Å². The van der Waals surface area contributed by atoms with Gasteiger partial charge in [-0.05, 0) is 22.4 Å². The molecule has 1 atom stereocenters. The second kappa shape index (κ2) is 6.10. The van der Waals surface area contributed by atoms with E-state index in [-0.39, 0.29) is 17.9 Å². The molecule has 96 valence electrons. The van der Waals surface area contributed by atoms with Gasteiger partial charge in [-0.15, -0.1) is 6.58 Å². The quantitative estimate of drug-likeness (QED) is 0.473. The molecule has 1 unspecified atom stereocenters. The lowest BCUT2D eigenvalue weighted by atomic mass is 10.2. The molecule has 0 aliphatic rings. The van der Waals surface area contributed by atoms with Crippen LogP contribution in [0.3, 0.4) is 0 Å². The van der Waals surface area contributed by atoms with E-state index in [0.717, 1.165) is 0 Å². The normalized spacial score (nSPS) is 11.6. The highest BCUT2D eigenvalue weighted by Crippen LogP contribution is 2.26. The van der Waals surface area contributed by atoms with Crippen molar-refractivity contribution in [2.24, 2.45) is 0 Å². The minimum absolute atomic E-state index is 0.0857. The zero-order valence-corrected chi connectivity index (χ0v) is 10.8. The van der Waals surface area contributed by atoms with Crippen LogP contribution in [-0.4, -0.2) is 27.0 Å². The van der Waals surface area contributed by atoms with Crippen LogP contribution in [0.25, 0.3) is 0 Å². The first kappa shape index (κ1) is 14.1. The minimum atomic E-state index is -1.13. The summed E-state index contributed by atoms with van der Waals surface area (Å²) in [5, 5.41) is 22.3. The van der Waals surface area contributed by atoms with Gasteiger partial charge >= 0.3 is 11.7 Å². The highest BCUT2D eigenvalue weighted by Gasteiger charge is 2.22. The molecule has 0 aliphatic heterocycles. The molecule has 0 amide bonds. The van der Waals surface area contributed by atoms with Gasteiger partial charge in [0, 0.05) is 16.7 Å². The van der Waals surface area contributed by atoms with Gasteiger partial charge in [0.1, 0.15) is 6.04 Å². The second-order valence-electron chi connectivity index (χ2n) is 3.34. The van der Waals surface area contributed by atoms with E-state index in [1.165, 1.54) is 18.3 Å². The Hall–Kier alpha value is -1.96. The Morgan fingerprint density at radius 1 is 1.78 bits per heavy atom. The number of carboxylic acid groups (broad SMARTS) is 1. The molecular formula is C10H10BrN3O4. The fourth-order valence-electron chi connectivity index (χ4n) is 1.23. The van der Waals surface area contributed by atoms with Crippen molar-refractivity contribution in [2.75, 3.05) is 5.32 Å². The summed E-state index contributed by atoms with van der Waals surface area (Å²) in [7, 11) is 0. The van der Waals surface area contributed by atoms with Gasteiger partial charge in [0.2, 0.25) is 5.82 Å². The lowest BCUT2D eigenvalue weighted by Crippen LogP contribution is -2.29. The van der Waals surface area contributed by atoms with Gasteiger partial charge in [-0.1, -0.05) is 6.08 Å². The molecular weight excluding hydrogens is 306 g/mol. The van der Waals surface area contributed by atoms with Gasteiger partial charge < -0.3 is 10.4 Å². The van der Waals surface area contributed by atoms with E-state index in [4.69, 9.17) is 5.11 Å². The summed E-state index contributed by atoms with van der Waals surface area (Å²) in [4.78, 5) is 24.9. The fraction of sp³-hybridized carbons (Fsp3) is 0.200. The van der Waals surface area contributed by atoms with Crippen LogP contribution >= 0.6 is 15.9 Å². The van der Waals surface area contributed by atoms with E-state index in [9.17, 15) is 14.9 Å². The van der Waals surface area contributed by atoms with Crippen molar-refractivity contribution in [1.82, 2.24) is 4.98 Å². The van der Waals surface area contributed by atoms with Crippen LogP contribution in [-0.2, 0) is 4.79 Å². The maximum Gasteiger partial charge on any atom is 0.326 e. The third kappa shape index (κ3) is 3.52. The molecule has 0 saturated heterocycles. The van der Waals surface area contributed by atoms with Gasteiger partial charge in [-0.3, -0.25) is 10.1 Å². The molecule has 0 radical (unpaired) electrons. The number of carboxylic acids is 1. The second-order valence-corrected chi connectivity index (χ2v) is 4.25. The maximum absolute atomic E-state index is 10.9. The van der Waals surface area contributed by atoms with Crippen LogP contribution in [0.5, 0.6) is 0 Å². The zero-order valence-electron chi connectivity index (χ0n) is 9.17. The third-order valence-corrected chi connectivity index (χ3v) is 2.48. The number of nitro groups is 1. The minimum Gasteiger partial charge on any atom is -0.480 e. The Morgan fingerprint density at radius 2 is 2.44 bits per heavy atom. The maximum atomic E-state index is 10.9. The topological polar surface area (TPSA) is 105 Å². The van der Waals surface area contributed by atoms with Crippen LogP contribution in [0.1, 0.15) is 6.42 Å². The SMILES string of the molecule is C=CCC(Nc1ncc(Br)cc1[N+](=O)[O-])C(=O)O. The van der Waals surface area contributed by atoms with Gasteiger partial charge in [0.25, 0.3) is 0 Å². The average molecular weight is 316 g/mol. The summed E-state index contributed by atoms with van der Waals surface area (Å²) in [6.45, 7) is 3.43. The number of carbonyl (C=O) groups is 1. The van der Waals surface area contributed by atoms with E-state index in [0.29, 0.717) is 4.47 Å². The van der Waals surface area contributed by atoms with E-state index < -0.39 is 16.9 Å². The summed E-state index contributed by atoms with van der Waals surface area (Å²) in [6.07, 6.45) is 2.89. The Balaban J connectivity index is 3.05. The Kier molecular flexibility index (Phi) is 4.78. The van der Waals surface area contributed by atoms with Crippen molar-refractivity contribution in [1.29, 1.82) is 0 Å². The number of anilines is 1. The van der Waals surface area contributed by atoms with Crippen molar-refractivity contribution < 1.29 is 14.8 Å². The first-order chi connectivity index (χ1) is 8.45. The number of halogens is 1. The number of hydrogen-bond donors (Lipinski definition) is 2. The molecule has 0 fully saturated rings. The number of nitrogens with zero attached hydrogens (tertiary/aromatic N) is 2. The van der Waals surface area contributed by atoms with Crippen LogP contribution in [0.15, 0.2) is 29.4 Å². The predicted molar refractivity (Wildman–Crippen MR) is 68.5 cm³/mol. The largest absolute Gasteiger partial charge is 0.480 e. The molecule has 8 heteroatoms. The number of aliphatic carboxylic acids is 1. The van der Waals surface area contributed by atoms with Gasteiger partial charge in [-0.2, -0.15) is 0 Å². The van der Waals surface area contributed by atoms with Crippen molar-refractivity contribution in [3.63, 3.8) is 0 Å². The first-order valence-corrected chi connectivity index (χ1v) is 5.65. The molecule has 0 aromatic carbocycles. The smallest absolute Gasteiger partial charge is 0.326 e. The van der Waals surface area contributed by atoms with Crippen molar-refractivity contribution in [3.8, 4) is 0 Å². The van der Waals surface area contributed by atoms with Crippen molar-refractivity contribution >= 4 is 33.4 Å². The summed E-state index contributed by atoms with van der Waals surface area (Å²) in [5.74, 6) is -1.22. The average Bonchev–Trinajstić information content (AvgIpc) is 2.30. The Morgan fingerprint density at radius 3 is 2.94 bits per heavy atom. The molecule has 0 bridgehead atoms. The third-order valence-electron chi connectivity index (χ3n) is 2.04. The zero-order chi connectivity index (χ0) is 13.7. The van der Waals surface area contributed by atoms with E-state index >= 15 is 0 Å². The van der Waals surface area contributed by atoms with Crippen molar-refractivity contribution in [2.45, 2.75) is 12.5 Å². The number of aromatic nitrogens is 1. The summed E-state index contributed by atoms with van der Waals surface area (Å²) < 4.78 is 0.440. The van der Waals surface area contributed by atoms with Crippen LogP contribution in [0.2, 0.25) is 0 Å². The number of nitrogens with one attached hydrogen (secondary N) is 1. The molecule has 0 aliphatic carbocycles. The van der Waals surface area contributed by atoms with Gasteiger partial charge in [-0.25, -0.2) is 9.78 Å². The molecule has 1 aromatic rings. The molecule has 7 nitrogen and oxygen atoms in total. The van der Waals surface area contributed by atoms with Crippen LogP contribution in [0, 0.1) is 10.1 Å².